The molecular formula is C18H19FN2O4. The van der Waals surface area contributed by atoms with Crippen molar-refractivity contribution in [2.75, 3.05) is 6.61 Å². The number of ether oxygens (including phenoxy) is 1. The largest absolute Gasteiger partial charge is 0.375 e. The van der Waals surface area contributed by atoms with Crippen LogP contribution >= 0.6 is 0 Å². The van der Waals surface area contributed by atoms with Crippen LogP contribution in [-0.4, -0.2) is 23.5 Å². The number of nitrogens with one attached hydrogen (secondary N) is 1. The molecule has 0 aliphatic heterocycles. The van der Waals surface area contributed by atoms with Gasteiger partial charge in [0.25, 0.3) is 5.91 Å². The van der Waals surface area contributed by atoms with Gasteiger partial charge in [0, 0.05) is 6.07 Å². The van der Waals surface area contributed by atoms with E-state index in [-0.39, 0.29) is 18.2 Å². The maximum absolute atomic E-state index is 14.1. The fourth-order valence-corrected chi connectivity index (χ4v) is 2.25. The number of nitrogens with zero attached hydrogens (tertiary/aromatic N) is 1. The van der Waals surface area contributed by atoms with Crippen molar-refractivity contribution in [1.29, 1.82) is 0 Å². The molecule has 0 bridgehead atoms. The molecular weight excluding hydrogens is 327 g/mol. The Morgan fingerprint density at radius 3 is 2.60 bits per heavy atom. The van der Waals surface area contributed by atoms with Crippen LogP contribution in [0.25, 0.3) is 0 Å². The number of rotatable bonds is 8. The lowest BCUT2D eigenvalue weighted by atomic mass is 10.1. The number of hydrogen-bond acceptors (Lipinski definition) is 4. The molecule has 1 N–H and O–H groups in total. The summed E-state index contributed by atoms with van der Waals surface area (Å²) in [6.45, 7) is 2.52. The van der Waals surface area contributed by atoms with Gasteiger partial charge in [0.15, 0.2) is 0 Å². The van der Waals surface area contributed by atoms with Crippen LogP contribution in [0.4, 0.5) is 10.1 Å². The summed E-state index contributed by atoms with van der Waals surface area (Å²) in [5.74, 6) is -1.83. The van der Waals surface area contributed by atoms with Crippen molar-refractivity contribution < 1.29 is 18.8 Å². The molecule has 0 aliphatic carbocycles. The minimum absolute atomic E-state index is 0.258. The van der Waals surface area contributed by atoms with E-state index < -0.39 is 22.3 Å². The molecule has 0 aliphatic rings. The minimum atomic E-state index is -1.13. The fraction of sp³-hybridized carbons (Fsp3) is 0.278. The standard InChI is InChI=1S/C18H19FN2O4/c1-2-14(12-25-11-13-7-4-3-5-8-13)20-18(22)15-9-6-10-16(17(15)19)21(23)24/h3-10,14H,2,11-12H2,1H3,(H,20,22)/t14-/m1/s1. The highest BCUT2D eigenvalue weighted by Gasteiger charge is 2.23. The van der Waals surface area contributed by atoms with E-state index in [0.29, 0.717) is 13.0 Å². The van der Waals surface area contributed by atoms with Crippen LogP contribution < -0.4 is 5.32 Å². The lowest BCUT2D eigenvalue weighted by molar-refractivity contribution is -0.387. The highest BCUT2D eigenvalue weighted by Crippen LogP contribution is 2.20. The Labute approximate surface area is 144 Å². The molecule has 0 fully saturated rings. The molecule has 25 heavy (non-hydrogen) atoms. The summed E-state index contributed by atoms with van der Waals surface area (Å²) >= 11 is 0. The number of halogens is 1. The van der Waals surface area contributed by atoms with Gasteiger partial charge in [-0.25, -0.2) is 0 Å². The Kier molecular flexibility index (Phi) is 6.59. The molecule has 6 nitrogen and oxygen atoms in total. The predicted molar refractivity (Wildman–Crippen MR) is 90.7 cm³/mol. The second-order valence-corrected chi connectivity index (χ2v) is 5.48. The summed E-state index contributed by atoms with van der Waals surface area (Å²) in [5.41, 5.74) is -0.0647. The lowest BCUT2D eigenvalue weighted by Gasteiger charge is -2.17. The van der Waals surface area contributed by atoms with Crippen molar-refractivity contribution in [2.45, 2.75) is 26.0 Å². The van der Waals surface area contributed by atoms with E-state index in [1.165, 1.54) is 12.1 Å². The molecule has 2 aromatic rings. The maximum Gasteiger partial charge on any atom is 0.305 e. The normalized spacial score (nSPS) is 11.8. The van der Waals surface area contributed by atoms with Crippen molar-refractivity contribution in [3.05, 3.63) is 75.6 Å². The second kappa shape index (κ2) is 8.89. The summed E-state index contributed by atoms with van der Waals surface area (Å²) in [5, 5.41) is 13.4. The molecule has 0 spiro atoms. The molecule has 0 unspecified atom stereocenters. The number of hydrogen-bond donors (Lipinski definition) is 1. The van der Waals surface area contributed by atoms with Crippen LogP contribution in [0.1, 0.15) is 29.3 Å². The third kappa shape index (κ3) is 5.09. The summed E-state index contributed by atoms with van der Waals surface area (Å²) in [6, 6.07) is 12.8. The van der Waals surface area contributed by atoms with Crippen molar-refractivity contribution in [2.24, 2.45) is 0 Å². The van der Waals surface area contributed by atoms with Gasteiger partial charge in [-0.1, -0.05) is 43.3 Å². The first-order chi connectivity index (χ1) is 12.0. The Balaban J connectivity index is 1.95. The highest BCUT2D eigenvalue weighted by molar-refractivity contribution is 5.95. The van der Waals surface area contributed by atoms with Crippen LogP contribution in [-0.2, 0) is 11.3 Å². The molecule has 1 atom stereocenters. The van der Waals surface area contributed by atoms with Crippen molar-refractivity contribution in [1.82, 2.24) is 5.32 Å². The average Bonchev–Trinajstić information content (AvgIpc) is 2.61. The summed E-state index contributed by atoms with van der Waals surface area (Å²) in [4.78, 5) is 22.1. The van der Waals surface area contributed by atoms with E-state index in [2.05, 4.69) is 5.32 Å². The molecule has 0 aromatic heterocycles. The highest BCUT2D eigenvalue weighted by atomic mass is 19.1. The van der Waals surface area contributed by atoms with Gasteiger partial charge >= 0.3 is 5.69 Å². The predicted octanol–water partition coefficient (Wildman–Crippen LogP) is 3.46. The van der Waals surface area contributed by atoms with Crippen molar-refractivity contribution >= 4 is 11.6 Å². The summed E-state index contributed by atoms with van der Waals surface area (Å²) in [6.07, 6.45) is 0.580. The number of carbonyl (C=O) groups excluding carboxylic acids is 1. The molecule has 7 heteroatoms. The summed E-state index contributed by atoms with van der Waals surface area (Å²) in [7, 11) is 0. The molecule has 0 saturated heterocycles. The van der Waals surface area contributed by atoms with Gasteiger partial charge in [0.05, 0.1) is 29.7 Å². The number of nitro benzene ring substituents is 1. The van der Waals surface area contributed by atoms with Crippen LogP contribution in [0.5, 0.6) is 0 Å². The molecule has 0 saturated carbocycles. The summed E-state index contributed by atoms with van der Waals surface area (Å²) < 4.78 is 19.7. The van der Waals surface area contributed by atoms with Gasteiger partial charge in [-0.3, -0.25) is 14.9 Å². The van der Waals surface area contributed by atoms with E-state index in [0.717, 1.165) is 11.6 Å². The lowest BCUT2D eigenvalue weighted by Crippen LogP contribution is -2.38. The number of amides is 1. The van der Waals surface area contributed by atoms with Gasteiger partial charge in [-0.2, -0.15) is 4.39 Å². The van der Waals surface area contributed by atoms with Crippen LogP contribution in [0, 0.1) is 15.9 Å². The quantitative estimate of drug-likeness (QED) is 0.586. The number of nitro groups is 1. The smallest absolute Gasteiger partial charge is 0.305 e. The van der Waals surface area contributed by atoms with Gasteiger partial charge < -0.3 is 10.1 Å². The van der Waals surface area contributed by atoms with E-state index in [9.17, 15) is 19.3 Å². The number of carbonyl (C=O) groups is 1. The third-order valence-electron chi connectivity index (χ3n) is 3.68. The molecule has 1 amide bonds. The van der Waals surface area contributed by atoms with Gasteiger partial charge in [0.2, 0.25) is 5.82 Å². The topological polar surface area (TPSA) is 81.5 Å². The molecule has 0 radical (unpaired) electrons. The first-order valence-electron chi connectivity index (χ1n) is 7.88. The Morgan fingerprint density at radius 2 is 1.96 bits per heavy atom. The van der Waals surface area contributed by atoms with E-state index >= 15 is 0 Å². The first kappa shape index (κ1) is 18.5. The van der Waals surface area contributed by atoms with Crippen LogP contribution in [0.15, 0.2) is 48.5 Å². The van der Waals surface area contributed by atoms with E-state index in [4.69, 9.17) is 4.74 Å². The van der Waals surface area contributed by atoms with Crippen molar-refractivity contribution in [3.63, 3.8) is 0 Å². The first-order valence-corrected chi connectivity index (χ1v) is 7.88. The number of benzene rings is 2. The Bertz CT molecular complexity index is 737. The van der Waals surface area contributed by atoms with Crippen LogP contribution in [0.3, 0.4) is 0 Å². The molecule has 0 heterocycles. The Morgan fingerprint density at radius 1 is 1.24 bits per heavy atom. The average molecular weight is 346 g/mol. The van der Waals surface area contributed by atoms with Gasteiger partial charge in [-0.05, 0) is 18.1 Å². The third-order valence-corrected chi connectivity index (χ3v) is 3.68. The monoisotopic (exact) mass is 346 g/mol. The zero-order chi connectivity index (χ0) is 18.2. The minimum Gasteiger partial charge on any atom is -0.375 e. The SMILES string of the molecule is CC[C@H](COCc1ccccc1)NC(=O)c1cccc([N+](=O)[O-])c1F. The maximum atomic E-state index is 14.1. The Hall–Kier alpha value is -2.80. The zero-order valence-corrected chi connectivity index (χ0v) is 13.8. The molecule has 2 rings (SSSR count). The fourth-order valence-electron chi connectivity index (χ4n) is 2.25. The zero-order valence-electron chi connectivity index (χ0n) is 13.8. The molecule has 132 valence electrons. The van der Waals surface area contributed by atoms with Gasteiger partial charge in [-0.15, -0.1) is 0 Å². The molecule has 2 aromatic carbocycles. The van der Waals surface area contributed by atoms with E-state index in [1.54, 1.807) is 0 Å². The van der Waals surface area contributed by atoms with Gasteiger partial charge in [0.1, 0.15) is 0 Å². The second-order valence-electron chi connectivity index (χ2n) is 5.48. The van der Waals surface area contributed by atoms with Crippen molar-refractivity contribution in [3.8, 4) is 0 Å². The van der Waals surface area contributed by atoms with Crippen LogP contribution in [0.2, 0.25) is 0 Å². The van der Waals surface area contributed by atoms with E-state index in [1.807, 2.05) is 37.3 Å².